The molecule has 0 saturated carbocycles. The van der Waals surface area contributed by atoms with Gasteiger partial charge in [0.1, 0.15) is 0 Å². The van der Waals surface area contributed by atoms with E-state index in [1.54, 1.807) is 16.7 Å². The zero-order chi connectivity index (χ0) is 14.0. The highest BCUT2D eigenvalue weighted by Crippen LogP contribution is 2.37. The van der Waals surface area contributed by atoms with E-state index in [0.29, 0.717) is 0 Å². The Labute approximate surface area is 119 Å². The van der Waals surface area contributed by atoms with Crippen LogP contribution in [0.15, 0.2) is 18.2 Å². The van der Waals surface area contributed by atoms with Crippen molar-refractivity contribution in [3.05, 3.63) is 34.9 Å². The lowest BCUT2D eigenvalue weighted by Crippen LogP contribution is -2.32. The van der Waals surface area contributed by atoms with Crippen molar-refractivity contribution in [2.75, 3.05) is 20.1 Å². The van der Waals surface area contributed by atoms with Crippen molar-refractivity contribution in [2.45, 2.75) is 58.3 Å². The zero-order valence-corrected chi connectivity index (χ0v) is 13.3. The van der Waals surface area contributed by atoms with Gasteiger partial charge in [-0.2, -0.15) is 0 Å². The molecule has 106 valence electrons. The summed E-state index contributed by atoms with van der Waals surface area (Å²) in [4.78, 5) is 2.49. The summed E-state index contributed by atoms with van der Waals surface area (Å²) in [5.74, 6) is 0.726. The smallest absolute Gasteiger partial charge is 0.00474 e. The lowest BCUT2D eigenvalue weighted by molar-refractivity contribution is 0.249. The molecular weight excluding hydrogens is 230 g/mol. The number of likely N-dealkylation sites (N-methyl/N-ethyl adjacent to an activating group) is 1. The second-order valence-corrected chi connectivity index (χ2v) is 7.08. The average molecular weight is 259 g/mol. The average Bonchev–Trinajstić information content (AvgIpc) is 2.36. The van der Waals surface area contributed by atoms with Gasteiger partial charge in [0.05, 0.1) is 0 Å². The maximum Gasteiger partial charge on any atom is 0.00474 e. The van der Waals surface area contributed by atoms with E-state index in [9.17, 15) is 0 Å². The van der Waals surface area contributed by atoms with Gasteiger partial charge in [-0.05, 0) is 60.9 Å². The molecule has 1 aliphatic heterocycles. The van der Waals surface area contributed by atoms with Gasteiger partial charge in [0.15, 0.2) is 0 Å². The van der Waals surface area contributed by atoms with Crippen LogP contribution < -0.4 is 0 Å². The number of hydrogen-bond acceptors (Lipinski definition) is 1. The van der Waals surface area contributed by atoms with E-state index in [2.05, 4.69) is 57.8 Å². The molecule has 1 aromatic rings. The molecule has 0 radical (unpaired) electrons. The Bertz CT molecular complexity index is 428. The predicted octanol–water partition coefficient (Wildman–Crippen LogP) is 4.36. The first-order valence-electron chi connectivity index (χ1n) is 7.74. The molecule has 1 nitrogen and oxygen atoms in total. The molecule has 1 saturated heterocycles. The topological polar surface area (TPSA) is 3.24 Å². The van der Waals surface area contributed by atoms with Crippen molar-refractivity contribution < 1.29 is 0 Å². The summed E-state index contributed by atoms with van der Waals surface area (Å²) in [6.07, 6.45) is 3.84. The number of aryl methyl sites for hydroxylation is 1. The molecule has 0 spiro atoms. The minimum absolute atomic E-state index is 0.247. The van der Waals surface area contributed by atoms with Gasteiger partial charge in [-0.15, -0.1) is 0 Å². The van der Waals surface area contributed by atoms with Gasteiger partial charge in [0.25, 0.3) is 0 Å². The van der Waals surface area contributed by atoms with Crippen LogP contribution in [-0.4, -0.2) is 25.0 Å². The molecule has 1 heterocycles. The second-order valence-electron chi connectivity index (χ2n) is 7.08. The van der Waals surface area contributed by atoms with Gasteiger partial charge >= 0.3 is 0 Å². The molecule has 0 bridgehead atoms. The lowest BCUT2D eigenvalue weighted by atomic mass is 9.75. The fourth-order valence-corrected chi connectivity index (χ4v) is 3.46. The summed E-state index contributed by atoms with van der Waals surface area (Å²) < 4.78 is 0. The molecular formula is C18H29N. The van der Waals surface area contributed by atoms with E-state index in [1.807, 2.05) is 0 Å². The van der Waals surface area contributed by atoms with Gasteiger partial charge < -0.3 is 4.90 Å². The molecule has 2 rings (SSSR count). The van der Waals surface area contributed by atoms with Crippen LogP contribution in [0.4, 0.5) is 0 Å². The monoisotopic (exact) mass is 259 g/mol. The Balaban J connectivity index is 2.46. The van der Waals surface area contributed by atoms with Crippen LogP contribution in [0.25, 0.3) is 0 Å². The van der Waals surface area contributed by atoms with E-state index >= 15 is 0 Å². The Morgan fingerprint density at radius 3 is 2.58 bits per heavy atom. The standard InChI is InChI=1S/C18H29N/c1-6-14-9-7-11-16(18(2,3)4)17(14)15-10-8-12-19(5)13-15/h7,9,11,15H,6,8,10,12-13H2,1-5H3. The predicted molar refractivity (Wildman–Crippen MR) is 84.0 cm³/mol. The summed E-state index contributed by atoms with van der Waals surface area (Å²) >= 11 is 0. The first-order chi connectivity index (χ1) is 8.93. The fraction of sp³-hybridized carbons (Fsp3) is 0.667. The molecule has 1 unspecified atom stereocenters. The van der Waals surface area contributed by atoms with Crippen molar-refractivity contribution in [2.24, 2.45) is 0 Å². The third kappa shape index (κ3) is 3.20. The van der Waals surface area contributed by atoms with Crippen LogP contribution in [0.1, 0.15) is 63.1 Å². The van der Waals surface area contributed by atoms with E-state index in [-0.39, 0.29) is 5.41 Å². The number of nitrogens with zero attached hydrogens (tertiary/aromatic N) is 1. The summed E-state index contributed by atoms with van der Waals surface area (Å²) in [7, 11) is 2.26. The van der Waals surface area contributed by atoms with Gasteiger partial charge in [-0.25, -0.2) is 0 Å². The highest BCUT2D eigenvalue weighted by atomic mass is 15.1. The van der Waals surface area contributed by atoms with E-state index in [4.69, 9.17) is 0 Å². The summed E-state index contributed by atoms with van der Waals surface area (Å²) in [5.41, 5.74) is 5.03. The van der Waals surface area contributed by atoms with Gasteiger partial charge in [0, 0.05) is 6.54 Å². The molecule has 1 aromatic carbocycles. The van der Waals surface area contributed by atoms with Crippen molar-refractivity contribution >= 4 is 0 Å². The Morgan fingerprint density at radius 1 is 1.26 bits per heavy atom. The van der Waals surface area contributed by atoms with Crippen LogP contribution in [0.3, 0.4) is 0 Å². The largest absolute Gasteiger partial charge is 0.306 e. The second kappa shape index (κ2) is 5.66. The molecule has 19 heavy (non-hydrogen) atoms. The lowest BCUT2D eigenvalue weighted by Gasteiger charge is -2.35. The molecule has 1 heteroatoms. The Hall–Kier alpha value is -0.820. The maximum atomic E-state index is 2.49. The van der Waals surface area contributed by atoms with E-state index in [1.165, 1.54) is 25.9 Å². The van der Waals surface area contributed by atoms with E-state index in [0.717, 1.165) is 12.3 Å². The number of likely N-dealkylation sites (tertiary alicyclic amines) is 1. The molecule has 1 fully saturated rings. The van der Waals surface area contributed by atoms with Gasteiger partial charge in [-0.1, -0.05) is 45.9 Å². The molecule has 1 aliphatic rings. The molecule has 1 atom stereocenters. The maximum absolute atomic E-state index is 2.49. The number of hydrogen-bond donors (Lipinski definition) is 0. The SMILES string of the molecule is CCc1cccc(C(C)(C)C)c1C1CCCN(C)C1. The van der Waals surface area contributed by atoms with Crippen LogP contribution in [-0.2, 0) is 11.8 Å². The van der Waals surface area contributed by atoms with Crippen molar-refractivity contribution in [1.29, 1.82) is 0 Å². The van der Waals surface area contributed by atoms with Crippen LogP contribution in [0.5, 0.6) is 0 Å². The van der Waals surface area contributed by atoms with Crippen LogP contribution in [0, 0.1) is 0 Å². The Morgan fingerprint density at radius 2 is 2.00 bits per heavy atom. The normalized spacial score (nSPS) is 21.6. The van der Waals surface area contributed by atoms with Crippen LogP contribution >= 0.6 is 0 Å². The highest BCUT2D eigenvalue weighted by Gasteiger charge is 2.27. The van der Waals surface area contributed by atoms with Gasteiger partial charge in [0.2, 0.25) is 0 Å². The first-order valence-corrected chi connectivity index (χ1v) is 7.74. The van der Waals surface area contributed by atoms with Crippen molar-refractivity contribution in [3.8, 4) is 0 Å². The summed E-state index contributed by atoms with van der Waals surface area (Å²) in [6, 6.07) is 6.93. The Kier molecular flexibility index (Phi) is 4.35. The first kappa shape index (κ1) is 14.6. The van der Waals surface area contributed by atoms with Crippen molar-refractivity contribution in [3.63, 3.8) is 0 Å². The number of rotatable bonds is 2. The molecule has 0 aromatic heterocycles. The van der Waals surface area contributed by atoms with E-state index < -0.39 is 0 Å². The zero-order valence-electron chi connectivity index (χ0n) is 13.3. The minimum Gasteiger partial charge on any atom is -0.306 e. The molecule has 0 N–H and O–H groups in total. The van der Waals surface area contributed by atoms with Crippen molar-refractivity contribution in [1.82, 2.24) is 4.90 Å². The van der Waals surface area contributed by atoms with Crippen LogP contribution in [0.2, 0.25) is 0 Å². The minimum atomic E-state index is 0.247. The highest BCUT2D eigenvalue weighted by molar-refractivity contribution is 5.42. The third-order valence-corrected chi connectivity index (χ3v) is 4.42. The molecule has 0 amide bonds. The number of piperidine rings is 1. The fourth-order valence-electron chi connectivity index (χ4n) is 3.46. The number of benzene rings is 1. The summed E-state index contributed by atoms with van der Waals surface area (Å²) in [6.45, 7) is 11.8. The summed E-state index contributed by atoms with van der Waals surface area (Å²) in [5, 5.41) is 0. The van der Waals surface area contributed by atoms with Gasteiger partial charge in [-0.3, -0.25) is 0 Å². The quantitative estimate of drug-likeness (QED) is 0.763. The molecule has 0 aliphatic carbocycles. The third-order valence-electron chi connectivity index (χ3n) is 4.42.